The zero-order valence-electron chi connectivity index (χ0n) is 19.9. The molecule has 1 N–H and O–H groups in total. The van der Waals surface area contributed by atoms with Gasteiger partial charge in [0, 0.05) is 31.3 Å². The number of hydrogen-bond donors (Lipinski definition) is 1. The molecule has 0 radical (unpaired) electrons. The smallest absolute Gasteiger partial charge is 0.342 e. The van der Waals surface area contributed by atoms with Gasteiger partial charge in [-0.05, 0) is 33.3 Å². The summed E-state index contributed by atoms with van der Waals surface area (Å²) in [6.07, 6.45) is 0. The van der Waals surface area contributed by atoms with Gasteiger partial charge in [-0.2, -0.15) is 0 Å². The number of nitrogens with one attached hydrogen (secondary N) is 1. The third-order valence-electron chi connectivity index (χ3n) is 5.16. The molecular weight excluding hydrogens is 444 g/mol. The highest BCUT2D eigenvalue weighted by Gasteiger charge is 2.22. The van der Waals surface area contributed by atoms with Crippen molar-refractivity contribution in [2.45, 2.75) is 27.7 Å². The van der Waals surface area contributed by atoms with Crippen LogP contribution in [0.25, 0.3) is 0 Å². The van der Waals surface area contributed by atoms with Crippen LogP contribution in [0.1, 0.15) is 35.5 Å². The number of amides is 1. The van der Waals surface area contributed by atoms with E-state index < -0.39 is 24.1 Å². The Morgan fingerprint density at radius 1 is 1.03 bits per heavy atom. The van der Waals surface area contributed by atoms with Crippen LogP contribution in [0.3, 0.4) is 0 Å². The summed E-state index contributed by atoms with van der Waals surface area (Å²) >= 11 is 0. The fraction of sp³-hybridized carbons (Fsp3) is 0.458. The quantitative estimate of drug-likeness (QED) is 0.548. The normalized spacial score (nSPS) is 13.4. The van der Waals surface area contributed by atoms with Gasteiger partial charge in [0.15, 0.2) is 6.61 Å². The monoisotopic (exact) mass is 474 g/mol. The first-order valence-electron chi connectivity index (χ1n) is 11.2. The predicted molar refractivity (Wildman–Crippen MR) is 125 cm³/mol. The Morgan fingerprint density at radius 2 is 1.71 bits per heavy atom. The summed E-state index contributed by atoms with van der Waals surface area (Å²) in [6, 6.07) is 4.74. The van der Waals surface area contributed by atoms with Gasteiger partial charge in [0.1, 0.15) is 22.8 Å². The van der Waals surface area contributed by atoms with Gasteiger partial charge < -0.3 is 33.6 Å². The van der Waals surface area contributed by atoms with Crippen molar-refractivity contribution in [2.75, 3.05) is 56.3 Å². The largest absolute Gasteiger partial charge is 0.492 e. The summed E-state index contributed by atoms with van der Waals surface area (Å²) in [5.41, 5.74) is 1.24. The summed E-state index contributed by atoms with van der Waals surface area (Å²) in [5.74, 6) is -0.0939. The zero-order valence-corrected chi connectivity index (χ0v) is 19.9. The van der Waals surface area contributed by atoms with E-state index in [1.165, 1.54) is 13.0 Å². The van der Waals surface area contributed by atoms with Gasteiger partial charge in [-0.3, -0.25) is 4.79 Å². The maximum Gasteiger partial charge on any atom is 0.342 e. The average molecular weight is 475 g/mol. The highest BCUT2D eigenvalue weighted by Crippen LogP contribution is 2.39. The van der Waals surface area contributed by atoms with E-state index in [9.17, 15) is 14.4 Å². The molecule has 34 heavy (non-hydrogen) atoms. The number of nitrogens with zero attached hydrogens (tertiary/aromatic N) is 1. The molecule has 184 valence electrons. The maximum absolute atomic E-state index is 12.6. The van der Waals surface area contributed by atoms with Crippen molar-refractivity contribution < 1.29 is 33.0 Å². The first-order chi connectivity index (χ1) is 16.3. The highest BCUT2D eigenvalue weighted by atomic mass is 16.5. The van der Waals surface area contributed by atoms with Crippen molar-refractivity contribution in [3.05, 3.63) is 45.5 Å². The van der Waals surface area contributed by atoms with Crippen molar-refractivity contribution in [3.8, 4) is 11.5 Å². The molecule has 0 aliphatic carbocycles. The number of carbonyl (C=O) groups excluding carboxylic acids is 2. The van der Waals surface area contributed by atoms with Crippen LogP contribution in [-0.2, 0) is 14.3 Å². The fourth-order valence-corrected chi connectivity index (χ4v) is 3.70. The van der Waals surface area contributed by atoms with Crippen LogP contribution >= 0.6 is 0 Å². The number of aryl methyl sites for hydroxylation is 2. The molecule has 0 bridgehead atoms. The number of rotatable bonds is 9. The molecular formula is C24H30N2O8. The van der Waals surface area contributed by atoms with Gasteiger partial charge in [0.2, 0.25) is 0 Å². The first kappa shape index (κ1) is 25.1. The molecule has 0 unspecified atom stereocenters. The lowest BCUT2D eigenvalue weighted by molar-refractivity contribution is -0.119. The van der Waals surface area contributed by atoms with Crippen molar-refractivity contribution in [1.82, 2.24) is 0 Å². The molecule has 1 aliphatic heterocycles. The van der Waals surface area contributed by atoms with E-state index in [1.54, 1.807) is 13.0 Å². The van der Waals surface area contributed by atoms with E-state index in [0.717, 1.165) is 5.69 Å². The number of carbonyl (C=O) groups is 2. The third-order valence-corrected chi connectivity index (χ3v) is 5.16. The Bertz CT molecular complexity index is 1060. The molecule has 0 atom stereocenters. The minimum Gasteiger partial charge on any atom is -0.492 e. The average Bonchev–Trinajstić information content (AvgIpc) is 2.79. The first-order valence-corrected chi connectivity index (χ1v) is 11.2. The molecule has 2 aromatic rings. The number of benzene rings is 1. The van der Waals surface area contributed by atoms with Crippen LogP contribution in [0.2, 0.25) is 0 Å². The topological polar surface area (TPSA) is 117 Å². The summed E-state index contributed by atoms with van der Waals surface area (Å²) < 4.78 is 27.1. The molecule has 3 rings (SSSR count). The van der Waals surface area contributed by atoms with Crippen LogP contribution in [0, 0.1) is 13.8 Å². The second-order valence-corrected chi connectivity index (χ2v) is 7.59. The lowest BCUT2D eigenvalue weighted by Crippen LogP contribution is -2.36. The van der Waals surface area contributed by atoms with E-state index >= 15 is 0 Å². The van der Waals surface area contributed by atoms with E-state index in [-0.39, 0.29) is 11.3 Å². The molecule has 1 fully saturated rings. The Balaban J connectivity index is 1.76. The number of morpholine rings is 1. The summed E-state index contributed by atoms with van der Waals surface area (Å²) in [4.78, 5) is 38.6. The fourth-order valence-electron chi connectivity index (χ4n) is 3.70. The Hall–Kier alpha value is -3.53. The van der Waals surface area contributed by atoms with Gasteiger partial charge in [-0.1, -0.05) is 0 Å². The van der Waals surface area contributed by atoms with Crippen LogP contribution < -0.4 is 25.3 Å². The second kappa shape index (κ2) is 11.6. The van der Waals surface area contributed by atoms with E-state index in [1.807, 2.05) is 19.9 Å². The molecule has 0 saturated carbocycles. The van der Waals surface area contributed by atoms with Gasteiger partial charge in [-0.25, -0.2) is 9.59 Å². The van der Waals surface area contributed by atoms with Crippen molar-refractivity contribution in [3.63, 3.8) is 0 Å². The van der Waals surface area contributed by atoms with Crippen LogP contribution in [-0.4, -0.2) is 58.0 Å². The van der Waals surface area contributed by atoms with Crippen LogP contribution in [0.4, 0.5) is 11.4 Å². The van der Waals surface area contributed by atoms with E-state index in [4.69, 9.17) is 23.4 Å². The molecule has 2 heterocycles. The molecule has 1 saturated heterocycles. The van der Waals surface area contributed by atoms with Crippen LogP contribution in [0.5, 0.6) is 11.5 Å². The lowest BCUT2D eigenvalue weighted by Gasteiger charge is -2.31. The van der Waals surface area contributed by atoms with Crippen LogP contribution in [0.15, 0.2) is 27.4 Å². The Morgan fingerprint density at radius 3 is 2.35 bits per heavy atom. The molecule has 1 amide bonds. The molecule has 1 aliphatic rings. The molecule has 0 spiro atoms. The SMILES string of the molecule is CCOc1cc(N2CCOCC2)c(OCC)cc1NC(=O)COC(=O)c1c(C)cc(=O)oc1C. The number of hydrogen-bond acceptors (Lipinski definition) is 9. The summed E-state index contributed by atoms with van der Waals surface area (Å²) in [7, 11) is 0. The van der Waals surface area contributed by atoms with Gasteiger partial charge >= 0.3 is 11.6 Å². The van der Waals surface area contributed by atoms with E-state index in [2.05, 4.69) is 10.2 Å². The minimum atomic E-state index is -0.753. The number of esters is 1. The van der Waals surface area contributed by atoms with Gasteiger partial charge in [0.05, 0.1) is 37.8 Å². The molecule has 10 nitrogen and oxygen atoms in total. The van der Waals surface area contributed by atoms with Crippen molar-refractivity contribution in [2.24, 2.45) is 0 Å². The lowest BCUT2D eigenvalue weighted by atomic mass is 10.1. The minimum absolute atomic E-state index is 0.121. The Labute approximate surface area is 197 Å². The summed E-state index contributed by atoms with van der Waals surface area (Å²) in [5, 5.41) is 2.73. The van der Waals surface area contributed by atoms with E-state index in [0.29, 0.717) is 62.3 Å². The number of anilines is 2. The maximum atomic E-state index is 12.6. The molecule has 1 aromatic heterocycles. The predicted octanol–water partition coefficient (Wildman–Crippen LogP) is 2.69. The van der Waals surface area contributed by atoms with Crippen molar-refractivity contribution in [1.29, 1.82) is 0 Å². The van der Waals surface area contributed by atoms with Gasteiger partial charge in [0.25, 0.3) is 5.91 Å². The Kier molecular flexibility index (Phi) is 8.53. The zero-order chi connectivity index (χ0) is 24.7. The summed E-state index contributed by atoms with van der Waals surface area (Å²) in [6.45, 7) is 9.79. The second-order valence-electron chi connectivity index (χ2n) is 7.59. The standard InChI is InChI=1S/C24H30N2O8/c1-5-31-19-13-18(26-7-9-30-10-8-26)20(32-6-2)12-17(19)25-21(27)14-33-24(29)23-15(3)11-22(28)34-16(23)4/h11-13H,5-10,14H2,1-4H3,(H,25,27). The third kappa shape index (κ3) is 6.07. The highest BCUT2D eigenvalue weighted by molar-refractivity contribution is 5.97. The molecule has 1 aromatic carbocycles. The number of ether oxygens (including phenoxy) is 4. The molecule has 10 heteroatoms. The van der Waals surface area contributed by atoms with Gasteiger partial charge in [-0.15, -0.1) is 0 Å². The van der Waals surface area contributed by atoms with Crippen molar-refractivity contribution >= 4 is 23.3 Å².